The van der Waals surface area contributed by atoms with Crippen molar-refractivity contribution in [1.82, 2.24) is 15.3 Å². The summed E-state index contributed by atoms with van der Waals surface area (Å²) in [4.78, 5) is 32.7. The lowest BCUT2D eigenvalue weighted by atomic mass is 9.82. The molecule has 3 rings (SSSR count). The van der Waals surface area contributed by atoms with Crippen LogP contribution in [0.2, 0.25) is 5.02 Å². The Labute approximate surface area is 199 Å². The standard InChI is InChI=1S/C24H31ClN4O4/c1-4-18-9-10-20(33-3)21(29-18)14(2)28-22-19(25)11-17(13-26-22)23(30)27-12-15-5-7-16(8-6-15)24(31)32/h9-11,13-16H,4-8,12H2,1-3H3,(H,26,28)(H,27,30)(H,31,32)/t14-,15?,16?/m0/s1. The largest absolute Gasteiger partial charge is 0.495 e. The summed E-state index contributed by atoms with van der Waals surface area (Å²) in [6.07, 6.45) is 5.21. The topological polar surface area (TPSA) is 113 Å². The van der Waals surface area contributed by atoms with E-state index in [0.717, 1.165) is 30.7 Å². The van der Waals surface area contributed by atoms with Crippen molar-refractivity contribution in [2.75, 3.05) is 19.0 Å². The molecule has 0 radical (unpaired) electrons. The van der Waals surface area contributed by atoms with E-state index in [1.807, 2.05) is 26.0 Å². The first-order chi connectivity index (χ1) is 15.8. The van der Waals surface area contributed by atoms with E-state index in [0.29, 0.717) is 41.5 Å². The lowest BCUT2D eigenvalue weighted by Gasteiger charge is -2.26. The van der Waals surface area contributed by atoms with Gasteiger partial charge in [-0.2, -0.15) is 0 Å². The van der Waals surface area contributed by atoms with Crippen LogP contribution in [0.4, 0.5) is 5.82 Å². The molecular formula is C24H31ClN4O4. The summed E-state index contributed by atoms with van der Waals surface area (Å²) in [7, 11) is 1.61. The number of rotatable bonds is 9. The second-order valence-corrected chi connectivity index (χ2v) is 8.84. The fourth-order valence-corrected chi connectivity index (χ4v) is 4.30. The molecule has 1 saturated carbocycles. The number of aromatic nitrogens is 2. The molecule has 0 unspecified atom stereocenters. The molecule has 2 aromatic rings. The molecule has 33 heavy (non-hydrogen) atoms. The van der Waals surface area contributed by atoms with Crippen LogP contribution in [0.15, 0.2) is 24.4 Å². The van der Waals surface area contributed by atoms with Gasteiger partial charge in [0.2, 0.25) is 0 Å². The molecule has 178 valence electrons. The third-order valence-corrected chi connectivity index (χ3v) is 6.43. The van der Waals surface area contributed by atoms with Gasteiger partial charge in [0.1, 0.15) is 17.3 Å². The Morgan fingerprint density at radius 2 is 2.00 bits per heavy atom. The highest BCUT2D eigenvalue weighted by atomic mass is 35.5. The average Bonchev–Trinajstić information content (AvgIpc) is 2.83. The first-order valence-electron chi connectivity index (χ1n) is 11.3. The first kappa shape index (κ1) is 24.8. The van der Waals surface area contributed by atoms with E-state index >= 15 is 0 Å². The van der Waals surface area contributed by atoms with Crippen LogP contribution in [-0.2, 0) is 11.2 Å². The third-order valence-electron chi connectivity index (χ3n) is 6.14. The molecule has 0 aliphatic heterocycles. The molecule has 0 saturated heterocycles. The maximum atomic E-state index is 12.6. The molecule has 9 heteroatoms. The number of halogens is 1. The number of anilines is 1. The number of nitrogens with zero attached hydrogens (tertiary/aromatic N) is 2. The molecule has 3 N–H and O–H groups in total. The fraction of sp³-hybridized carbons (Fsp3) is 0.500. The maximum absolute atomic E-state index is 12.6. The molecular weight excluding hydrogens is 444 g/mol. The number of methoxy groups -OCH3 is 1. The molecule has 1 aliphatic rings. The van der Waals surface area contributed by atoms with Gasteiger partial charge in [0.15, 0.2) is 0 Å². The molecule has 0 spiro atoms. The lowest BCUT2D eigenvalue weighted by Crippen LogP contribution is -2.32. The minimum atomic E-state index is -0.728. The number of ether oxygens (including phenoxy) is 1. The van der Waals surface area contributed by atoms with E-state index in [1.165, 1.54) is 6.20 Å². The Hall–Kier alpha value is -2.87. The number of carbonyl (C=O) groups excluding carboxylic acids is 1. The number of carboxylic acid groups (broad SMARTS) is 1. The van der Waals surface area contributed by atoms with Crippen LogP contribution in [0.5, 0.6) is 5.75 Å². The van der Waals surface area contributed by atoms with E-state index in [9.17, 15) is 9.59 Å². The van der Waals surface area contributed by atoms with Crippen LogP contribution in [0.1, 0.15) is 67.3 Å². The van der Waals surface area contributed by atoms with Crippen molar-refractivity contribution in [3.05, 3.63) is 46.4 Å². The van der Waals surface area contributed by atoms with Gasteiger partial charge >= 0.3 is 5.97 Å². The van der Waals surface area contributed by atoms with Crippen molar-refractivity contribution in [1.29, 1.82) is 0 Å². The highest BCUT2D eigenvalue weighted by molar-refractivity contribution is 6.33. The summed E-state index contributed by atoms with van der Waals surface area (Å²) >= 11 is 6.42. The van der Waals surface area contributed by atoms with Crippen molar-refractivity contribution in [3.8, 4) is 5.75 Å². The summed E-state index contributed by atoms with van der Waals surface area (Å²) in [5.74, 6) is 0.185. The predicted molar refractivity (Wildman–Crippen MR) is 127 cm³/mol. The van der Waals surface area contributed by atoms with Crippen LogP contribution >= 0.6 is 11.6 Å². The molecule has 1 aliphatic carbocycles. The molecule has 2 heterocycles. The Kier molecular flexibility index (Phi) is 8.49. The number of pyridine rings is 2. The number of nitrogens with one attached hydrogen (secondary N) is 2. The molecule has 2 aromatic heterocycles. The monoisotopic (exact) mass is 474 g/mol. The average molecular weight is 475 g/mol. The van der Waals surface area contributed by atoms with Gasteiger partial charge in [-0.25, -0.2) is 4.98 Å². The van der Waals surface area contributed by atoms with Gasteiger partial charge in [-0.05, 0) is 63.1 Å². The van der Waals surface area contributed by atoms with Gasteiger partial charge in [-0.3, -0.25) is 14.6 Å². The van der Waals surface area contributed by atoms with E-state index in [2.05, 4.69) is 20.6 Å². The van der Waals surface area contributed by atoms with Crippen molar-refractivity contribution in [3.63, 3.8) is 0 Å². The third kappa shape index (κ3) is 6.35. The highest BCUT2D eigenvalue weighted by Crippen LogP contribution is 2.30. The normalized spacial score (nSPS) is 18.9. The van der Waals surface area contributed by atoms with Gasteiger partial charge in [0, 0.05) is 18.4 Å². The van der Waals surface area contributed by atoms with E-state index in [-0.39, 0.29) is 23.8 Å². The zero-order valence-corrected chi connectivity index (χ0v) is 20.0. The van der Waals surface area contributed by atoms with E-state index < -0.39 is 5.97 Å². The summed E-state index contributed by atoms with van der Waals surface area (Å²) in [5.41, 5.74) is 2.09. The van der Waals surface area contributed by atoms with E-state index in [1.54, 1.807) is 13.2 Å². The van der Waals surface area contributed by atoms with E-state index in [4.69, 9.17) is 21.4 Å². The number of hydrogen-bond donors (Lipinski definition) is 3. The minimum Gasteiger partial charge on any atom is -0.495 e. The Balaban J connectivity index is 1.59. The summed E-state index contributed by atoms with van der Waals surface area (Å²) < 4.78 is 5.44. The Morgan fingerprint density at radius 1 is 1.27 bits per heavy atom. The van der Waals surface area contributed by atoms with Crippen LogP contribution in [-0.4, -0.2) is 40.6 Å². The molecule has 1 fully saturated rings. The SMILES string of the molecule is CCc1ccc(OC)c([C@H](C)Nc2ncc(C(=O)NCC3CCC(C(=O)O)CC3)cc2Cl)n1. The molecule has 1 amide bonds. The van der Waals surface area contributed by atoms with Crippen LogP contribution in [0.3, 0.4) is 0 Å². The van der Waals surface area contributed by atoms with Crippen molar-refractivity contribution >= 4 is 29.3 Å². The predicted octanol–water partition coefficient (Wildman–Crippen LogP) is 4.49. The maximum Gasteiger partial charge on any atom is 0.306 e. The number of aryl methyl sites for hydroxylation is 1. The van der Waals surface area contributed by atoms with Gasteiger partial charge in [0.05, 0.1) is 29.7 Å². The summed E-state index contributed by atoms with van der Waals surface area (Å²) in [6, 6.07) is 5.21. The fourth-order valence-electron chi connectivity index (χ4n) is 4.08. The zero-order valence-electron chi connectivity index (χ0n) is 19.2. The zero-order chi connectivity index (χ0) is 24.0. The van der Waals surface area contributed by atoms with Gasteiger partial charge < -0.3 is 20.5 Å². The quantitative estimate of drug-likeness (QED) is 0.490. The van der Waals surface area contributed by atoms with Crippen LogP contribution in [0, 0.1) is 11.8 Å². The van der Waals surface area contributed by atoms with Gasteiger partial charge in [-0.15, -0.1) is 0 Å². The van der Waals surface area contributed by atoms with Gasteiger partial charge in [-0.1, -0.05) is 18.5 Å². The summed E-state index contributed by atoms with van der Waals surface area (Å²) in [5, 5.41) is 15.6. The number of carboxylic acids is 1. The Bertz CT molecular complexity index is 992. The Morgan fingerprint density at radius 3 is 2.61 bits per heavy atom. The first-order valence-corrected chi connectivity index (χ1v) is 11.7. The van der Waals surface area contributed by atoms with Crippen molar-refractivity contribution < 1.29 is 19.4 Å². The number of amides is 1. The summed E-state index contributed by atoms with van der Waals surface area (Å²) in [6.45, 7) is 4.50. The lowest BCUT2D eigenvalue weighted by molar-refractivity contribution is -0.143. The van der Waals surface area contributed by atoms with Crippen LogP contribution < -0.4 is 15.4 Å². The van der Waals surface area contributed by atoms with Crippen molar-refractivity contribution in [2.24, 2.45) is 11.8 Å². The second-order valence-electron chi connectivity index (χ2n) is 8.43. The molecule has 0 bridgehead atoms. The number of aliphatic carboxylic acids is 1. The van der Waals surface area contributed by atoms with Gasteiger partial charge in [0.25, 0.3) is 5.91 Å². The van der Waals surface area contributed by atoms with Crippen molar-refractivity contribution in [2.45, 2.75) is 52.0 Å². The number of hydrogen-bond acceptors (Lipinski definition) is 6. The minimum absolute atomic E-state index is 0.211. The number of carbonyl (C=O) groups is 2. The molecule has 0 aromatic carbocycles. The second kappa shape index (κ2) is 11.3. The molecule has 8 nitrogen and oxygen atoms in total. The highest BCUT2D eigenvalue weighted by Gasteiger charge is 2.26. The van der Waals surface area contributed by atoms with Crippen LogP contribution in [0.25, 0.3) is 0 Å². The smallest absolute Gasteiger partial charge is 0.306 e. The molecule has 1 atom stereocenters.